The standard InChI is InChI=1S/C16H22N2S2/c1-12-7-9-16(10-8-12)11-20-15(18-16)17-13-3-5-14(19-2)6-4-13/h3-6,12H,7-11H2,1-2H3,(H,17,18). The van der Waals surface area contributed by atoms with Crippen LogP contribution >= 0.6 is 23.5 Å². The van der Waals surface area contributed by atoms with Crippen LogP contribution in [0.4, 0.5) is 5.69 Å². The number of nitrogens with zero attached hydrogens (tertiary/aromatic N) is 1. The maximum absolute atomic E-state index is 5.01. The van der Waals surface area contributed by atoms with Crippen molar-refractivity contribution in [3.05, 3.63) is 24.3 Å². The number of aliphatic imine (C=N–C) groups is 1. The van der Waals surface area contributed by atoms with Gasteiger partial charge in [0.2, 0.25) is 0 Å². The van der Waals surface area contributed by atoms with E-state index in [9.17, 15) is 0 Å². The van der Waals surface area contributed by atoms with Gasteiger partial charge in [-0.2, -0.15) is 0 Å². The van der Waals surface area contributed by atoms with Crippen LogP contribution in [0, 0.1) is 5.92 Å². The summed E-state index contributed by atoms with van der Waals surface area (Å²) in [5.41, 5.74) is 1.38. The highest BCUT2D eigenvalue weighted by Crippen LogP contribution is 2.41. The van der Waals surface area contributed by atoms with Crippen molar-refractivity contribution in [3.8, 4) is 0 Å². The van der Waals surface area contributed by atoms with Crippen molar-refractivity contribution in [2.24, 2.45) is 10.9 Å². The molecule has 0 radical (unpaired) electrons. The lowest BCUT2D eigenvalue weighted by molar-refractivity contribution is 0.273. The third-order valence-corrected chi connectivity index (χ3v) is 6.25. The number of benzene rings is 1. The molecule has 0 atom stereocenters. The maximum atomic E-state index is 5.01. The van der Waals surface area contributed by atoms with Crippen LogP contribution < -0.4 is 5.32 Å². The van der Waals surface area contributed by atoms with Gasteiger partial charge in [0.25, 0.3) is 0 Å². The lowest BCUT2D eigenvalue weighted by Gasteiger charge is -2.32. The Hall–Kier alpha value is -0.610. The van der Waals surface area contributed by atoms with Crippen LogP contribution in [0.25, 0.3) is 0 Å². The van der Waals surface area contributed by atoms with Gasteiger partial charge in [-0.25, -0.2) is 0 Å². The van der Waals surface area contributed by atoms with Crippen LogP contribution in [0.5, 0.6) is 0 Å². The van der Waals surface area contributed by atoms with Crippen molar-refractivity contribution >= 4 is 34.4 Å². The lowest BCUT2D eigenvalue weighted by Crippen LogP contribution is -2.32. The van der Waals surface area contributed by atoms with Gasteiger partial charge in [-0.1, -0.05) is 18.7 Å². The summed E-state index contributed by atoms with van der Waals surface area (Å²) in [6.45, 7) is 2.37. The summed E-state index contributed by atoms with van der Waals surface area (Å²) in [6, 6.07) is 8.60. The molecule has 0 saturated heterocycles. The molecule has 0 aromatic heterocycles. The van der Waals surface area contributed by atoms with Crippen LogP contribution in [0.15, 0.2) is 34.2 Å². The average Bonchev–Trinajstić information content (AvgIpc) is 2.86. The maximum Gasteiger partial charge on any atom is 0.161 e. The fourth-order valence-corrected chi connectivity index (χ4v) is 4.52. The predicted molar refractivity (Wildman–Crippen MR) is 92.1 cm³/mol. The van der Waals surface area contributed by atoms with Gasteiger partial charge in [0, 0.05) is 16.3 Å². The number of rotatable bonds is 2. The average molecular weight is 306 g/mol. The van der Waals surface area contributed by atoms with Gasteiger partial charge >= 0.3 is 0 Å². The summed E-state index contributed by atoms with van der Waals surface area (Å²) in [4.78, 5) is 6.31. The Morgan fingerprint density at radius 3 is 2.60 bits per heavy atom. The Morgan fingerprint density at radius 1 is 1.25 bits per heavy atom. The van der Waals surface area contributed by atoms with E-state index in [4.69, 9.17) is 4.99 Å². The van der Waals surface area contributed by atoms with E-state index in [0.717, 1.165) is 22.5 Å². The molecule has 1 aliphatic heterocycles. The van der Waals surface area contributed by atoms with Gasteiger partial charge in [-0.3, -0.25) is 4.99 Å². The number of hydrogen-bond acceptors (Lipinski definition) is 4. The third kappa shape index (κ3) is 3.17. The Kier molecular flexibility index (Phi) is 4.32. The largest absolute Gasteiger partial charge is 0.335 e. The van der Waals surface area contributed by atoms with Crippen LogP contribution in [-0.2, 0) is 0 Å². The van der Waals surface area contributed by atoms with Crippen molar-refractivity contribution in [2.75, 3.05) is 17.3 Å². The molecule has 1 heterocycles. The molecular weight excluding hydrogens is 284 g/mol. The quantitative estimate of drug-likeness (QED) is 0.789. The number of anilines is 1. The fourth-order valence-electron chi connectivity index (χ4n) is 2.90. The van der Waals surface area contributed by atoms with Gasteiger partial charge in [0.1, 0.15) is 0 Å². The van der Waals surface area contributed by atoms with Crippen LogP contribution in [0.2, 0.25) is 0 Å². The summed E-state index contributed by atoms with van der Waals surface area (Å²) in [5, 5.41) is 4.59. The van der Waals surface area contributed by atoms with Crippen LogP contribution in [0.1, 0.15) is 32.6 Å². The minimum atomic E-state index is 0.235. The zero-order valence-corrected chi connectivity index (χ0v) is 13.8. The number of thioether (sulfide) groups is 2. The molecule has 1 aromatic carbocycles. The Labute approximate surface area is 130 Å². The highest BCUT2D eigenvalue weighted by molar-refractivity contribution is 8.14. The first-order valence-electron chi connectivity index (χ1n) is 7.33. The van der Waals surface area contributed by atoms with Gasteiger partial charge in [-0.15, -0.1) is 11.8 Å². The van der Waals surface area contributed by atoms with Gasteiger partial charge < -0.3 is 5.32 Å². The lowest BCUT2D eigenvalue weighted by atomic mass is 9.79. The zero-order chi connectivity index (χ0) is 14.0. The van der Waals surface area contributed by atoms with Crippen LogP contribution in [0.3, 0.4) is 0 Å². The molecule has 1 aliphatic carbocycles. The molecule has 2 nitrogen and oxygen atoms in total. The molecule has 1 aromatic rings. The van der Waals surface area contributed by atoms with E-state index in [-0.39, 0.29) is 5.54 Å². The Bertz CT molecular complexity index is 488. The molecule has 20 heavy (non-hydrogen) atoms. The highest BCUT2D eigenvalue weighted by atomic mass is 32.2. The summed E-state index contributed by atoms with van der Waals surface area (Å²) >= 11 is 3.66. The van der Waals surface area contributed by atoms with Crippen molar-refractivity contribution in [1.82, 2.24) is 0 Å². The van der Waals surface area contributed by atoms with E-state index in [0.29, 0.717) is 0 Å². The van der Waals surface area contributed by atoms with Crippen molar-refractivity contribution in [3.63, 3.8) is 0 Å². The van der Waals surface area contributed by atoms with E-state index in [1.54, 1.807) is 11.8 Å². The minimum Gasteiger partial charge on any atom is -0.335 e. The van der Waals surface area contributed by atoms with Gasteiger partial charge in [-0.05, 0) is 62.1 Å². The van der Waals surface area contributed by atoms with Crippen molar-refractivity contribution < 1.29 is 0 Å². The van der Waals surface area contributed by atoms with E-state index >= 15 is 0 Å². The normalized spacial score (nSPS) is 29.5. The second-order valence-electron chi connectivity index (χ2n) is 5.97. The van der Waals surface area contributed by atoms with Gasteiger partial charge in [0.15, 0.2) is 5.17 Å². The Balaban J connectivity index is 1.66. The SMILES string of the molecule is CSc1ccc(NC2=NC3(CCC(C)CC3)CS2)cc1. The molecular formula is C16H22N2S2. The number of amidine groups is 1. The molecule has 0 amide bonds. The van der Waals surface area contributed by atoms with Gasteiger partial charge in [0.05, 0.1) is 5.54 Å². The summed E-state index contributed by atoms with van der Waals surface area (Å²) < 4.78 is 0. The molecule has 1 N–H and O–H groups in total. The highest BCUT2D eigenvalue weighted by Gasteiger charge is 2.38. The topological polar surface area (TPSA) is 24.4 Å². The molecule has 0 unspecified atom stereocenters. The zero-order valence-electron chi connectivity index (χ0n) is 12.2. The minimum absolute atomic E-state index is 0.235. The molecule has 1 fully saturated rings. The van der Waals surface area contributed by atoms with E-state index in [2.05, 4.69) is 42.8 Å². The first kappa shape index (κ1) is 14.3. The first-order chi connectivity index (χ1) is 9.69. The number of hydrogen-bond donors (Lipinski definition) is 1. The second-order valence-corrected chi connectivity index (χ2v) is 7.81. The molecule has 2 aliphatic rings. The van der Waals surface area contributed by atoms with E-state index in [1.807, 2.05) is 11.8 Å². The first-order valence-corrected chi connectivity index (χ1v) is 9.54. The molecule has 4 heteroatoms. The van der Waals surface area contributed by atoms with Crippen LogP contribution in [-0.4, -0.2) is 22.7 Å². The smallest absolute Gasteiger partial charge is 0.161 e. The third-order valence-electron chi connectivity index (χ3n) is 4.36. The molecule has 3 rings (SSSR count). The molecule has 0 bridgehead atoms. The van der Waals surface area contributed by atoms with E-state index in [1.165, 1.54) is 30.6 Å². The second kappa shape index (κ2) is 6.02. The summed E-state index contributed by atoms with van der Waals surface area (Å²) in [6.07, 6.45) is 7.29. The van der Waals surface area contributed by atoms with Crippen molar-refractivity contribution in [2.45, 2.75) is 43.0 Å². The molecule has 108 valence electrons. The predicted octanol–water partition coefficient (Wildman–Crippen LogP) is 4.87. The summed E-state index contributed by atoms with van der Waals surface area (Å²) in [7, 11) is 0. The van der Waals surface area contributed by atoms with Crippen molar-refractivity contribution in [1.29, 1.82) is 0 Å². The fraction of sp³-hybridized carbons (Fsp3) is 0.562. The monoisotopic (exact) mass is 306 g/mol. The Morgan fingerprint density at radius 2 is 1.95 bits per heavy atom. The number of nitrogens with one attached hydrogen (secondary N) is 1. The van der Waals surface area contributed by atoms with E-state index < -0.39 is 0 Å². The molecule has 1 saturated carbocycles. The summed E-state index contributed by atoms with van der Waals surface area (Å²) in [5.74, 6) is 2.04. The molecule has 1 spiro atoms.